The Morgan fingerprint density at radius 3 is 2.46 bits per heavy atom. The molecule has 134 valence electrons. The van der Waals surface area contributed by atoms with Crippen LogP contribution in [0.1, 0.15) is 19.4 Å². The summed E-state index contributed by atoms with van der Waals surface area (Å²) in [6, 6.07) is 13.1. The van der Waals surface area contributed by atoms with E-state index in [2.05, 4.69) is 15.3 Å². The second kappa shape index (κ2) is 8.03. The van der Waals surface area contributed by atoms with Crippen LogP contribution in [0.25, 0.3) is 11.4 Å². The van der Waals surface area contributed by atoms with Gasteiger partial charge in [0.05, 0.1) is 22.4 Å². The van der Waals surface area contributed by atoms with Gasteiger partial charge in [-0.05, 0) is 43.8 Å². The summed E-state index contributed by atoms with van der Waals surface area (Å²) in [6.45, 7) is 3.82. The van der Waals surface area contributed by atoms with E-state index in [1.165, 1.54) is 0 Å². The molecule has 0 aliphatic heterocycles. The molecule has 3 aromatic rings. The van der Waals surface area contributed by atoms with Crippen LogP contribution in [0.3, 0.4) is 0 Å². The van der Waals surface area contributed by atoms with Crippen molar-refractivity contribution >= 4 is 41.6 Å². The lowest BCUT2D eigenvalue weighted by Crippen LogP contribution is -2.06. The van der Waals surface area contributed by atoms with Crippen molar-refractivity contribution in [2.24, 2.45) is 5.10 Å². The van der Waals surface area contributed by atoms with E-state index in [1.807, 2.05) is 44.2 Å². The summed E-state index contributed by atoms with van der Waals surface area (Å²) in [4.78, 5) is 0. The molecule has 0 atom stereocenters. The fourth-order valence-electron chi connectivity index (χ4n) is 2.30. The Hall–Kier alpha value is -2.15. The second-order valence-electron chi connectivity index (χ2n) is 5.76. The molecular weight excluding hydrogens is 391 g/mol. The van der Waals surface area contributed by atoms with Crippen LogP contribution in [0.5, 0.6) is 5.75 Å². The predicted molar refractivity (Wildman–Crippen MR) is 108 cm³/mol. The summed E-state index contributed by atoms with van der Waals surface area (Å²) in [5.41, 5.74) is 1.62. The molecule has 0 spiro atoms. The highest BCUT2D eigenvalue weighted by molar-refractivity contribution is 7.71. The summed E-state index contributed by atoms with van der Waals surface area (Å²) in [5, 5.41) is 12.3. The van der Waals surface area contributed by atoms with Crippen molar-refractivity contribution in [3.63, 3.8) is 0 Å². The number of aromatic amines is 1. The largest absolute Gasteiger partial charge is 0.488 e. The number of halogens is 2. The molecule has 2 aromatic carbocycles. The van der Waals surface area contributed by atoms with Gasteiger partial charge in [0.2, 0.25) is 4.77 Å². The number of ether oxygens (including phenoxy) is 1. The summed E-state index contributed by atoms with van der Waals surface area (Å²) in [5.74, 6) is 1.08. The Morgan fingerprint density at radius 1 is 1.19 bits per heavy atom. The van der Waals surface area contributed by atoms with Crippen LogP contribution in [0.15, 0.2) is 47.6 Å². The van der Waals surface area contributed by atoms with Crippen LogP contribution in [-0.2, 0) is 0 Å². The van der Waals surface area contributed by atoms with E-state index in [1.54, 1.807) is 23.0 Å². The molecule has 0 saturated carbocycles. The molecule has 0 aliphatic rings. The van der Waals surface area contributed by atoms with Crippen molar-refractivity contribution < 1.29 is 4.74 Å². The van der Waals surface area contributed by atoms with Gasteiger partial charge >= 0.3 is 0 Å². The molecule has 0 bridgehead atoms. The van der Waals surface area contributed by atoms with Crippen LogP contribution in [-0.4, -0.2) is 27.2 Å². The third kappa shape index (κ3) is 4.15. The Morgan fingerprint density at radius 2 is 1.85 bits per heavy atom. The highest BCUT2D eigenvalue weighted by Gasteiger charge is 2.11. The van der Waals surface area contributed by atoms with Crippen LogP contribution in [0, 0.1) is 4.77 Å². The van der Waals surface area contributed by atoms with E-state index in [9.17, 15) is 0 Å². The number of nitrogens with zero attached hydrogens (tertiary/aromatic N) is 3. The molecule has 3 rings (SSSR count). The van der Waals surface area contributed by atoms with Crippen molar-refractivity contribution in [2.75, 3.05) is 0 Å². The summed E-state index contributed by atoms with van der Waals surface area (Å²) >= 11 is 17.8. The van der Waals surface area contributed by atoms with E-state index in [4.69, 9.17) is 40.2 Å². The van der Waals surface area contributed by atoms with E-state index >= 15 is 0 Å². The van der Waals surface area contributed by atoms with Crippen molar-refractivity contribution in [3.05, 3.63) is 62.8 Å². The van der Waals surface area contributed by atoms with E-state index < -0.39 is 0 Å². The van der Waals surface area contributed by atoms with Gasteiger partial charge < -0.3 is 4.74 Å². The first kappa shape index (κ1) is 18.6. The normalized spacial score (nSPS) is 11.4. The molecule has 0 saturated heterocycles. The smallest absolute Gasteiger partial charge is 0.216 e. The van der Waals surface area contributed by atoms with Crippen molar-refractivity contribution in [1.29, 1.82) is 0 Å². The number of rotatable bonds is 5. The van der Waals surface area contributed by atoms with Gasteiger partial charge in [0.25, 0.3) is 0 Å². The standard InChI is InChI=1S/C18H16Cl2N4OS/c1-11(2)25-16-14(19)8-12(9-15(16)20)10-21-24-17(22-23-18(24)26)13-6-4-3-5-7-13/h3-11H,1-2H3,(H,23,26)/b21-10-. The first-order chi connectivity index (χ1) is 12.5. The van der Waals surface area contributed by atoms with E-state index in [0.717, 1.165) is 11.1 Å². The van der Waals surface area contributed by atoms with Crippen molar-refractivity contribution in [3.8, 4) is 17.1 Å². The lowest BCUT2D eigenvalue weighted by Gasteiger charge is -2.13. The molecule has 0 amide bonds. The summed E-state index contributed by atoms with van der Waals surface area (Å²) in [7, 11) is 0. The van der Waals surface area contributed by atoms with E-state index in [-0.39, 0.29) is 6.10 Å². The zero-order chi connectivity index (χ0) is 18.7. The first-order valence-electron chi connectivity index (χ1n) is 7.88. The monoisotopic (exact) mass is 406 g/mol. The average Bonchev–Trinajstić information content (AvgIpc) is 2.97. The highest BCUT2D eigenvalue weighted by Crippen LogP contribution is 2.34. The maximum absolute atomic E-state index is 6.28. The number of hydrogen-bond acceptors (Lipinski definition) is 4. The molecule has 0 radical (unpaired) electrons. The third-order valence-electron chi connectivity index (χ3n) is 3.38. The third-order valence-corrected chi connectivity index (χ3v) is 4.20. The fraction of sp³-hybridized carbons (Fsp3) is 0.167. The van der Waals surface area contributed by atoms with Crippen molar-refractivity contribution in [2.45, 2.75) is 20.0 Å². The van der Waals surface area contributed by atoms with Crippen molar-refractivity contribution in [1.82, 2.24) is 14.9 Å². The molecule has 0 fully saturated rings. The maximum atomic E-state index is 6.28. The molecule has 5 nitrogen and oxygen atoms in total. The van der Waals surface area contributed by atoms with Gasteiger partial charge in [-0.25, -0.2) is 5.10 Å². The predicted octanol–water partition coefficient (Wildman–Crippen LogP) is 5.58. The van der Waals surface area contributed by atoms with Gasteiger partial charge in [0.15, 0.2) is 11.6 Å². The number of aromatic nitrogens is 3. The fourth-order valence-corrected chi connectivity index (χ4v) is 3.07. The zero-order valence-corrected chi connectivity index (χ0v) is 16.4. The van der Waals surface area contributed by atoms with Gasteiger partial charge in [-0.15, -0.1) is 0 Å². The minimum absolute atomic E-state index is 0.0257. The lowest BCUT2D eigenvalue weighted by molar-refractivity contribution is 0.243. The SMILES string of the molecule is CC(C)Oc1c(Cl)cc(/C=N\n2c(-c3ccccc3)n[nH]c2=S)cc1Cl. The Kier molecular flexibility index (Phi) is 5.76. The Balaban J connectivity index is 1.95. The Bertz CT molecular complexity index is 973. The van der Waals surface area contributed by atoms with Gasteiger partial charge in [0.1, 0.15) is 0 Å². The number of H-pyrrole nitrogens is 1. The minimum atomic E-state index is -0.0257. The molecule has 0 unspecified atom stereocenters. The number of hydrogen-bond donors (Lipinski definition) is 1. The first-order valence-corrected chi connectivity index (χ1v) is 9.05. The van der Waals surface area contributed by atoms with Crippen LogP contribution < -0.4 is 4.74 Å². The molecule has 0 aliphatic carbocycles. The average molecular weight is 407 g/mol. The van der Waals surface area contributed by atoms with Gasteiger partial charge in [-0.2, -0.15) is 14.9 Å². The summed E-state index contributed by atoms with van der Waals surface area (Å²) < 4.78 is 7.56. The Labute approximate surface area is 166 Å². The van der Waals surface area contributed by atoms with Gasteiger partial charge in [-0.3, -0.25) is 0 Å². The minimum Gasteiger partial charge on any atom is -0.488 e. The molecule has 1 heterocycles. The van der Waals surface area contributed by atoms with Crippen LogP contribution >= 0.6 is 35.4 Å². The topological polar surface area (TPSA) is 55.2 Å². The zero-order valence-electron chi connectivity index (χ0n) is 14.1. The lowest BCUT2D eigenvalue weighted by atomic mass is 10.2. The second-order valence-corrected chi connectivity index (χ2v) is 6.96. The molecule has 26 heavy (non-hydrogen) atoms. The van der Waals surface area contributed by atoms with Crippen LogP contribution in [0.2, 0.25) is 10.0 Å². The van der Waals surface area contributed by atoms with E-state index in [0.29, 0.717) is 26.4 Å². The number of nitrogens with one attached hydrogen (secondary N) is 1. The molecule has 8 heteroatoms. The maximum Gasteiger partial charge on any atom is 0.216 e. The van der Waals surface area contributed by atoms with Crippen LogP contribution in [0.4, 0.5) is 0 Å². The summed E-state index contributed by atoms with van der Waals surface area (Å²) in [6.07, 6.45) is 1.59. The molecule has 1 aromatic heterocycles. The van der Waals surface area contributed by atoms with Gasteiger partial charge in [-0.1, -0.05) is 53.5 Å². The highest BCUT2D eigenvalue weighted by atomic mass is 35.5. The molecule has 1 N–H and O–H groups in total. The van der Waals surface area contributed by atoms with Gasteiger partial charge in [0, 0.05) is 5.56 Å². The number of benzene rings is 2. The molecular formula is C18H16Cl2N4OS. The quantitative estimate of drug-likeness (QED) is 0.444.